The van der Waals surface area contributed by atoms with E-state index in [1.54, 1.807) is 23.1 Å². The molecular formula is C19H16N4OS2. The molecular weight excluding hydrogens is 364 g/mol. The van der Waals surface area contributed by atoms with Crippen LogP contribution in [0, 0.1) is 18.3 Å². The Balaban J connectivity index is 1.69. The molecule has 1 aromatic carbocycles. The number of thiophene rings is 1. The van der Waals surface area contributed by atoms with Gasteiger partial charge in [0, 0.05) is 15.5 Å². The number of ether oxygens (including phenoxy) is 1. The molecule has 26 heavy (non-hydrogen) atoms. The third-order valence-corrected chi connectivity index (χ3v) is 6.23. The second-order valence-corrected chi connectivity index (χ2v) is 7.99. The van der Waals surface area contributed by atoms with E-state index in [0.29, 0.717) is 17.2 Å². The Morgan fingerprint density at radius 2 is 2.15 bits per heavy atom. The highest BCUT2D eigenvalue weighted by atomic mass is 32.2. The summed E-state index contributed by atoms with van der Waals surface area (Å²) in [6.45, 7) is 2.07. The first-order valence-electron chi connectivity index (χ1n) is 8.05. The number of benzene rings is 1. The van der Waals surface area contributed by atoms with Crippen LogP contribution in [0.1, 0.15) is 27.6 Å². The topological polar surface area (TPSA) is 87.7 Å². The number of thioether (sulfide) groups is 1. The van der Waals surface area contributed by atoms with Gasteiger partial charge in [0.2, 0.25) is 11.8 Å². The van der Waals surface area contributed by atoms with Crippen LogP contribution in [0.4, 0.5) is 0 Å². The lowest BCUT2D eigenvalue weighted by Crippen LogP contribution is -2.20. The predicted octanol–water partition coefficient (Wildman–Crippen LogP) is 4.29. The van der Waals surface area contributed by atoms with Crippen LogP contribution >= 0.6 is 23.1 Å². The number of H-pyrrole nitrogens is 1. The fourth-order valence-electron chi connectivity index (χ4n) is 2.95. The molecule has 0 unspecified atom stereocenters. The van der Waals surface area contributed by atoms with Crippen molar-refractivity contribution in [2.45, 2.75) is 23.5 Å². The number of hydrogen-bond donors (Lipinski definition) is 2. The van der Waals surface area contributed by atoms with E-state index in [0.717, 1.165) is 16.1 Å². The van der Waals surface area contributed by atoms with Crippen LogP contribution in [0.5, 0.6) is 5.88 Å². The highest BCUT2D eigenvalue weighted by Crippen LogP contribution is 2.45. The maximum atomic E-state index is 9.62. The maximum absolute atomic E-state index is 9.62. The summed E-state index contributed by atoms with van der Waals surface area (Å²) < 4.78 is 5.60. The van der Waals surface area contributed by atoms with Gasteiger partial charge in [0.25, 0.3) is 0 Å². The van der Waals surface area contributed by atoms with Crippen LogP contribution in [0.15, 0.2) is 58.1 Å². The SMILES string of the molecule is Cc1ccc(SCc2[nH]nc3c2[C@H](c2cccs2)C(C#N)=C(N)O3)cc1. The molecule has 0 saturated carbocycles. The summed E-state index contributed by atoms with van der Waals surface area (Å²) in [4.78, 5) is 2.23. The number of aryl methyl sites for hydroxylation is 1. The average Bonchev–Trinajstić information content (AvgIpc) is 3.30. The summed E-state index contributed by atoms with van der Waals surface area (Å²) in [6, 6.07) is 14.6. The molecule has 4 rings (SSSR count). The fraction of sp³-hybridized carbons (Fsp3) is 0.158. The van der Waals surface area contributed by atoms with Gasteiger partial charge in [-0.1, -0.05) is 23.8 Å². The van der Waals surface area contributed by atoms with Crippen LogP contribution in [-0.4, -0.2) is 10.2 Å². The first-order chi connectivity index (χ1) is 12.7. The van der Waals surface area contributed by atoms with Crippen molar-refractivity contribution in [3.63, 3.8) is 0 Å². The minimum absolute atomic E-state index is 0.127. The first kappa shape index (κ1) is 16.8. The molecule has 3 N–H and O–H groups in total. The fourth-order valence-corrected chi connectivity index (χ4v) is 4.65. The first-order valence-corrected chi connectivity index (χ1v) is 9.91. The van der Waals surface area contributed by atoms with Gasteiger partial charge in [-0.05, 0) is 30.5 Å². The number of aromatic nitrogens is 2. The molecule has 1 atom stereocenters. The van der Waals surface area contributed by atoms with Crippen molar-refractivity contribution in [2.24, 2.45) is 5.73 Å². The highest BCUT2D eigenvalue weighted by Gasteiger charge is 2.35. The number of fused-ring (bicyclic) bond motifs is 1. The molecule has 3 aromatic rings. The third-order valence-electron chi connectivity index (χ3n) is 4.25. The molecule has 0 bridgehead atoms. The van der Waals surface area contributed by atoms with Gasteiger partial charge in [0.05, 0.1) is 17.2 Å². The van der Waals surface area contributed by atoms with E-state index in [1.165, 1.54) is 10.5 Å². The smallest absolute Gasteiger partial charge is 0.244 e. The zero-order valence-corrected chi connectivity index (χ0v) is 15.7. The van der Waals surface area contributed by atoms with E-state index >= 15 is 0 Å². The van der Waals surface area contributed by atoms with Gasteiger partial charge in [0.1, 0.15) is 11.6 Å². The van der Waals surface area contributed by atoms with E-state index in [2.05, 4.69) is 47.5 Å². The van der Waals surface area contributed by atoms with Gasteiger partial charge in [0.15, 0.2) is 0 Å². The Labute approximate surface area is 159 Å². The van der Waals surface area contributed by atoms with Crippen LogP contribution in [0.3, 0.4) is 0 Å². The van der Waals surface area contributed by atoms with Crippen molar-refractivity contribution in [2.75, 3.05) is 0 Å². The zero-order valence-electron chi connectivity index (χ0n) is 14.0. The molecule has 5 nitrogen and oxygen atoms in total. The van der Waals surface area contributed by atoms with Crippen molar-refractivity contribution >= 4 is 23.1 Å². The number of nitrogens with two attached hydrogens (primary N) is 1. The molecule has 7 heteroatoms. The molecule has 0 amide bonds. The van der Waals surface area contributed by atoms with Crippen molar-refractivity contribution in [1.82, 2.24) is 10.2 Å². The monoisotopic (exact) mass is 380 g/mol. The van der Waals surface area contributed by atoms with E-state index in [1.807, 2.05) is 17.5 Å². The minimum Gasteiger partial charge on any atom is -0.420 e. The molecule has 0 saturated heterocycles. The summed E-state index contributed by atoms with van der Waals surface area (Å²) in [5.41, 5.74) is 9.49. The predicted molar refractivity (Wildman–Crippen MR) is 103 cm³/mol. The molecule has 130 valence electrons. The Bertz CT molecular complexity index is 997. The highest BCUT2D eigenvalue weighted by molar-refractivity contribution is 7.98. The Hall–Kier alpha value is -2.69. The van der Waals surface area contributed by atoms with Crippen molar-refractivity contribution in [3.05, 3.63) is 74.9 Å². The maximum Gasteiger partial charge on any atom is 0.244 e. The summed E-state index contributed by atoms with van der Waals surface area (Å²) in [5, 5.41) is 19.0. The Kier molecular flexibility index (Phi) is 4.45. The molecule has 0 radical (unpaired) electrons. The minimum atomic E-state index is -0.240. The molecule has 3 heterocycles. The lowest BCUT2D eigenvalue weighted by Gasteiger charge is -2.22. The standard InChI is InChI=1S/C19H16N4OS2/c1-11-4-6-12(7-5-11)26-10-14-17-16(15-3-2-8-25-15)13(9-20)18(21)24-19(17)23-22-14/h2-8,16H,10,21H2,1H3,(H,22,23)/t16-/m0/s1. The van der Waals surface area contributed by atoms with Crippen LogP contribution in [0.2, 0.25) is 0 Å². The summed E-state index contributed by atoms with van der Waals surface area (Å²) >= 11 is 3.31. The lowest BCUT2D eigenvalue weighted by atomic mass is 9.89. The van der Waals surface area contributed by atoms with Gasteiger partial charge in [-0.3, -0.25) is 5.10 Å². The van der Waals surface area contributed by atoms with Crippen LogP contribution in [0.25, 0.3) is 0 Å². The normalized spacial score (nSPS) is 16.1. The van der Waals surface area contributed by atoms with Gasteiger partial charge in [-0.15, -0.1) is 28.2 Å². The second kappa shape index (κ2) is 6.90. The average molecular weight is 380 g/mol. The van der Waals surface area contributed by atoms with Crippen LogP contribution < -0.4 is 10.5 Å². The van der Waals surface area contributed by atoms with Crippen molar-refractivity contribution in [1.29, 1.82) is 5.26 Å². The number of allylic oxidation sites excluding steroid dienone is 1. The van der Waals surface area contributed by atoms with Crippen molar-refractivity contribution in [3.8, 4) is 11.9 Å². The van der Waals surface area contributed by atoms with E-state index in [9.17, 15) is 5.26 Å². The molecule has 0 fully saturated rings. The Morgan fingerprint density at radius 3 is 2.85 bits per heavy atom. The molecule has 0 aliphatic carbocycles. The summed E-state index contributed by atoms with van der Waals surface area (Å²) in [6.07, 6.45) is 0. The quantitative estimate of drug-likeness (QED) is 0.659. The van der Waals surface area contributed by atoms with Crippen LogP contribution in [-0.2, 0) is 5.75 Å². The molecule has 2 aromatic heterocycles. The van der Waals surface area contributed by atoms with Gasteiger partial charge in [-0.25, -0.2) is 0 Å². The van der Waals surface area contributed by atoms with Gasteiger partial charge in [-0.2, -0.15) is 5.26 Å². The number of nitrogens with zero attached hydrogens (tertiary/aromatic N) is 2. The van der Waals surface area contributed by atoms with E-state index in [4.69, 9.17) is 10.5 Å². The van der Waals surface area contributed by atoms with Gasteiger partial charge >= 0.3 is 0 Å². The molecule has 0 spiro atoms. The largest absolute Gasteiger partial charge is 0.420 e. The summed E-state index contributed by atoms with van der Waals surface area (Å²) in [7, 11) is 0. The zero-order chi connectivity index (χ0) is 18.1. The van der Waals surface area contributed by atoms with Gasteiger partial charge < -0.3 is 10.5 Å². The molecule has 1 aliphatic heterocycles. The number of aromatic amines is 1. The third kappa shape index (κ3) is 2.98. The molecule has 1 aliphatic rings. The van der Waals surface area contributed by atoms with E-state index in [-0.39, 0.29) is 11.8 Å². The number of nitrogens with one attached hydrogen (secondary N) is 1. The number of nitriles is 1. The van der Waals surface area contributed by atoms with E-state index < -0.39 is 0 Å². The lowest BCUT2D eigenvalue weighted by molar-refractivity contribution is 0.379. The second-order valence-electron chi connectivity index (χ2n) is 5.96. The summed E-state index contributed by atoms with van der Waals surface area (Å²) in [5.74, 6) is 1.05. The number of rotatable bonds is 4. The van der Waals surface area contributed by atoms with Crippen molar-refractivity contribution < 1.29 is 4.74 Å². The Morgan fingerprint density at radius 1 is 1.35 bits per heavy atom. The number of hydrogen-bond acceptors (Lipinski definition) is 6.